The fourth-order valence-corrected chi connectivity index (χ4v) is 3.33. The Kier molecular flexibility index (Phi) is 4.61. The molecular formula is C17H25N5O. The lowest BCUT2D eigenvalue weighted by atomic mass is 9.95. The van der Waals surface area contributed by atoms with Gasteiger partial charge < -0.3 is 10.0 Å². The molecule has 0 aromatic carbocycles. The summed E-state index contributed by atoms with van der Waals surface area (Å²) in [5.41, 5.74) is 4.22. The van der Waals surface area contributed by atoms with Crippen molar-refractivity contribution in [3.8, 4) is 0 Å². The minimum Gasteiger partial charge on any atom is -0.396 e. The Bertz CT molecular complexity index is 661. The van der Waals surface area contributed by atoms with Crippen molar-refractivity contribution < 1.29 is 5.11 Å². The van der Waals surface area contributed by atoms with E-state index < -0.39 is 0 Å². The molecule has 2 aromatic rings. The Morgan fingerprint density at radius 3 is 2.65 bits per heavy atom. The number of nitrogens with zero attached hydrogens (tertiary/aromatic N) is 5. The van der Waals surface area contributed by atoms with Crippen molar-refractivity contribution in [2.75, 3.05) is 24.6 Å². The Morgan fingerprint density at radius 1 is 1.22 bits per heavy atom. The van der Waals surface area contributed by atoms with Crippen LogP contribution in [0.15, 0.2) is 12.1 Å². The van der Waals surface area contributed by atoms with Gasteiger partial charge in [0, 0.05) is 56.2 Å². The monoisotopic (exact) mass is 315 g/mol. The molecule has 0 saturated carbocycles. The molecule has 0 radical (unpaired) electrons. The van der Waals surface area contributed by atoms with Crippen LogP contribution in [0, 0.1) is 13.8 Å². The number of piperidine rings is 1. The Hall–Kier alpha value is -1.95. The van der Waals surface area contributed by atoms with Crippen LogP contribution in [0.2, 0.25) is 0 Å². The largest absolute Gasteiger partial charge is 0.396 e. The zero-order valence-corrected chi connectivity index (χ0v) is 14.2. The molecule has 0 bridgehead atoms. The highest BCUT2D eigenvalue weighted by atomic mass is 16.3. The summed E-state index contributed by atoms with van der Waals surface area (Å²) in [5.74, 6) is 1.23. The summed E-state index contributed by atoms with van der Waals surface area (Å²) in [4.78, 5) is 11.5. The fourth-order valence-electron chi connectivity index (χ4n) is 3.33. The van der Waals surface area contributed by atoms with Crippen LogP contribution >= 0.6 is 0 Å². The number of aliphatic hydroxyl groups is 1. The second-order valence-corrected chi connectivity index (χ2v) is 6.39. The van der Waals surface area contributed by atoms with E-state index in [1.54, 1.807) is 0 Å². The number of aromatic nitrogens is 4. The van der Waals surface area contributed by atoms with Crippen molar-refractivity contribution in [3.63, 3.8) is 0 Å². The molecular weight excluding hydrogens is 290 g/mol. The van der Waals surface area contributed by atoms with Gasteiger partial charge in [0.1, 0.15) is 0 Å². The number of aryl methyl sites for hydroxylation is 3. The average molecular weight is 315 g/mol. The first-order valence-corrected chi connectivity index (χ1v) is 8.27. The summed E-state index contributed by atoms with van der Waals surface area (Å²) in [5, 5.41) is 13.8. The van der Waals surface area contributed by atoms with Gasteiger partial charge in [-0.1, -0.05) is 0 Å². The van der Waals surface area contributed by atoms with Crippen LogP contribution in [0.25, 0.3) is 0 Å². The quantitative estimate of drug-likeness (QED) is 0.931. The van der Waals surface area contributed by atoms with E-state index in [9.17, 15) is 0 Å². The van der Waals surface area contributed by atoms with Crippen molar-refractivity contribution in [2.45, 2.75) is 39.0 Å². The second kappa shape index (κ2) is 6.66. The Morgan fingerprint density at radius 2 is 1.96 bits per heavy atom. The van der Waals surface area contributed by atoms with Crippen LogP contribution in [0.1, 0.15) is 41.5 Å². The molecule has 1 aliphatic rings. The molecule has 1 saturated heterocycles. The lowest BCUT2D eigenvalue weighted by Gasteiger charge is -2.32. The first-order chi connectivity index (χ1) is 11.1. The number of aliphatic hydroxyl groups excluding tert-OH is 1. The molecule has 0 spiro atoms. The molecule has 1 aliphatic heterocycles. The lowest BCUT2D eigenvalue weighted by Crippen LogP contribution is -2.36. The number of hydrogen-bond acceptors (Lipinski definition) is 5. The topological polar surface area (TPSA) is 67.1 Å². The van der Waals surface area contributed by atoms with Gasteiger partial charge in [0.2, 0.25) is 5.95 Å². The van der Waals surface area contributed by atoms with Crippen LogP contribution < -0.4 is 4.90 Å². The fraction of sp³-hybridized carbons (Fsp3) is 0.588. The van der Waals surface area contributed by atoms with Crippen LogP contribution in [0.5, 0.6) is 0 Å². The van der Waals surface area contributed by atoms with Crippen LogP contribution in [0.3, 0.4) is 0 Å². The third-order valence-corrected chi connectivity index (χ3v) is 4.46. The Labute approximate surface area is 137 Å². The molecule has 6 nitrogen and oxygen atoms in total. The minimum absolute atomic E-state index is 0.159. The average Bonchev–Trinajstić information content (AvgIpc) is 2.88. The van der Waals surface area contributed by atoms with Crippen molar-refractivity contribution in [1.29, 1.82) is 0 Å². The highest BCUT2D eigenvalue weighted by Gasteiger charge is 2.25. The van der Waals surface area contributed by atoms with E-state index in [0.717, 1.165) is 54.7 Å². The number of anilines is 1. The van der Waals surface area contributed by atoms with Gasteiger partial charge in [0.05, 0.1) is 5.69 Å². The number of rotatable bonds is 4. The normalized spacial score (nSPS) is 18.4. The maximum Gasteiger partial charge on any atom is 0.225 e. The van der Waals surface area contributed by atoms with E-state index in [2.05, 4.69) is 26.0 Å². The molecule has 0 aliphatic carbocycles. The smallest absolute Gasteiger partial charge is 0.225 e. The van der Waals surface area contributed by atoms with E-state index in [1.807, 2.05) is 31.6 Å². The van der Waals surface area contributed by atoms with Crippen LogP contribution in [-0.4, -0.2) is 44.6 Å². The van der Waals surface area contributed by atoms with Gasteiger partial charge >= 0.3 is 0 Å². The molecule has 1 fully saturated rings. The summed E-state index contributed by atoms with van der Waals surface area (Å²) < 4.78 is 1.89. The molecule has 3 heterocycles. The van der Waals surface area contributed by atoms with Gasteiger partial charge in [-0.3, -0.25) is 4.68 Å². The first kappa shape index (κ1) is 15.9. The van der Waals surface area contributed by atoms with Crippen LogP contribution in [-0.2, 0) is 13.5 Å². The maximum atomic E-state index is 9.14. The first-order valence-electron chi connectivity index (χ1n) is 8.27. The van der Waals surface area contributed by atoms with E-state index in [-0.39, 0.29) is 6.61 Å². The van der Waals surface area contributed by atoms with Crippen LogP contribution in [0.4, 0.5) is 5.95 Å². The van der Waals surface area contributed by atoms with Gasteiger partial charge in [-0.15, -0.1) is 0 Å². The molecule has 1 atom stereocenters. The third kappa shape index (κ3) is 3.52. The minimum atomic E-state index is 0.159. The van der Waals surface area contributed by atoms with Crippen molar-refractivity contribution in [2.24, 2.45) is 7.05 Å². The lowest BCUT2D eigenvalue weighted by molar-refractivity contribution is 0.296. The van der Waals surface area contributed by atoms with E-state index in [0.29, 0.717) is 12.3 Å². The predicted octanol–water partition coefficient (Wildman–Crippen LogP) is 1.75. The standard InChI is InChI=1S/C17H25N5O/c1-12-9-13(2)19-17(18-12)22-7-4-5-14(11-22)16-10-15(6-8-23)21(3)20-16/h9-10,14,23H,4-8,11H2,1-3H3. The third-order valence-electron chi connectivity index (χ3n) is 4.46. The van der Waals surface area contributed by atoms with E-state index >= 15 is 0 Å². The molecule has 0 amide bonds. The molecule has 1 unspecified atom stereocenters. The summed E-state index contributed by atoms with van der Waals surface area (Å²) in [6.45, 7) is 6.08. The Balaban J connectivity index is 1.79. The summed E-state index contributed by atoms with van der Waals surface area (Å²) in [6.07, 6.45) is 2.91. The summed E-state index contributed by atoms with van der Waals surface area (Å²) in [7, 11) is 1.95. The summed E-state index contributed by atoms with van der Waals surface area (Å²) in [6, 6.07) is 4.14. The van der Waals surface area contributed by atoms with Crippen molar-refractivity contribution in [3.05, 3.63) is 34.9 Å². The number of hydrogen-bond donors (Lipinski definition) is 1. The SMILES string of the molecule is Cc1cc(C)nc(N2CCCC(c3cc(CCO)n(C)n3)C2)n1. The molecule has 6 heteroatoms. The molecule has 23 heavy (non-hydrogen) atoms. The zero-order chi connectivity index (χ0) is 16.4. The zero-order valence-electron chi connectivity index (χ0n) is 14.2. The molecule has 124 valence electrons. The van der Waals surface area contributed by atoms with Gasteiger partial charge in [-0.2, -0.15) is 5.10 Å². The van der Waals surface area contributed by atoms with E-state index in [4.69, 9.17) is 5.11 Å². The van der Waals surface area contributed by atoms with Gasteiger partial charge in [0.25, 0.3) is 0 Å². The predicted molar refractivity (Wildman–Crippen MR) is 89.7 cm³/mol. The van der Waals surface area contributed by atoms with Crippen molar-refractivity contribution >= 4 is 5.95 Å². The highest BCUT2D eigenvalue weighted by Crippen LogP contribution is 2.28. The maximum absolute atomic E-state index is 9.14. The second-order valence-electron chi connectivity index (χ2n) is 6.39. The highest BCUT2D eigenvalue weighted by molar-refractivity contribution is 5.34. The van der Waals surface area contributed by atoms with Gasteiger partial charge in [-0.05, 0) is 38.8 Å². The molecule has 3 rings (SSSR count). The van der Waals surface area contributed by atoms with Gasteiger partial charge in [-0.25, -0.2) is 9.97 Å². The van der Waals surface area contributed by atoms with Crippen molar-refractivity contribution in [1.82, 2.24) is 19.7 Å². The van der Waals surface area contributed by atoms with E-state index in [1.165, 1.54) is 0 Å². The molecule has 2 aromatic heterocycles. The molecule has 1 N–H and O–H groups in total. The van der Waals surface area contributed by atoms with Gasteiger partial charge in [0.15, 0.2) is 0 Å². The summed E-state index contributed by atoms with van der Waals surface area (Å²) >= 11 is 0.